The molecule has 0 radical (unpaired) electrons. The highest BCUT2D eigenvalue weighted by atomic mass is 35.5. The third-order valence-electron chi connectivity index (χ3n) is 16.3. The van der Waals surface area contributed by atoms with Crippen LogP contribution in [0.2, 0.25) is 5.02 Å². The van der Waals surface area contributed by atoms with E-state index in [-0.39, 0.29) is 76.6 Å². The molecule has 4 aliphatic heterocycles. The number of ether oxygens (including phenoxy) is 3. The third-order valence-corrected chi connectivity index (χ3v) is 16.6. The van der Waals surface area contributed by atoms with Crippen LogP contribution in [0.25, 0.3) is 22.0 Å². The van der Waals surface area contributed by atoms with Crippen molar-refractivity contribution < 1.29 is 42.2 Å². The van der Waals surface area contributed by atoms with Gasteiger partial charge in [-0.25, -0.2) is 13.6 Å². The topological polar surface area (TPSA) is 174 Å². The predicted molar refractivity (Wildman–Crippen MR) is 273 cm³/mol. The summed E-state index contributed by atoms with van der Waals surface area (Å²) in [5, 5.41) is 11.3. The van der Waals surface area contributed by atoms with E-state index in [0.29, 0.717) is 36.4 Å². The Bertz CT molecular complexity index is 2920. The maximum atomic E-state index is 16.6. The standard InChI is InChI=1S/C55H63ClF2N8O7/c1-32-46-44(30-41(57)49(56)48(46)47-40(51(59)68)15-16-43(50(47)58)72-28-27-71-3)73-55(32,36-7-5-4-6-8-36)31-60-37-12-9-34(10-13-37)53(69)65-24-19-38(20-25-65)64-22-17-33(18-23-64)35-11-14-39-42(29-35)63(2)62-52(39)66-26-21-45(67)61-54(66)70/h4-8,11,14-16,29-30,32-34,37-38,60H,9-10,12-13,17-28,31H2,1-3H3,(H2,59,68)(H,61,67,70). The molecule has 2 atom stereocenters. The number of halogens is 3. The lowest BCUT2D eigenvalue weighted by atomic mass is 9.77. The number of urea groups is 1. The van der Waals surface area contributed by atoms with Crippen LogP contribution >= 0.6 is 11.6 Å². The second kappa shape index (κ2) is 21.0. The van der Waals surface area contributed by atoms with Crippen molar-refractivity contribution in [3.05, 3.63) is 106 Å². The largest absolute Gasteiger partial charge is 0.488 e. The quantitative estimate of drug-likeness (QED) is 0.0922. The number of imide groups is 1. The predicted octanol–water partition coefficient (Wildman–Crippen LogP) is 8.15. The number of primary amides is 1. The van der Waals surface area contributed by atoms with E-state index in [2.05, 4.69) is 43.7 Å². The molecule has 4 aromatic carbocycles. The fourth-order valence-corrected chi connectivity index (χ4v) is 12.4. The SMILES string of the molecule is COCCOc1ccc(C(N)=O)c(-c2c(Cl)c(F)cc3c2C(C)C(CNC2CCC(C(=O)N4CCC(N5CCC(c6ccc7c(N8CCC(=O)NC8=O)nn(C)c7c6)CC5)CC4)CC2)(c2ccccc2)O3)c1F. The lowest BCUT2D eigenvalue weighted by Crippen LogP contribution is -2.51. The molecule has 0 spiro atoms. The van der Waals surface area contributed by atoms with Crippen LogP contribution in [-0.4, -0.2) is 115 Å². The number of likely N-dealkylation sites (tertiary alicyclic amines) is 2. The molecule has 18 heteroatoms. The van der Waals surface area contributed by atoms with Crippen LogP contribution in [0.1, 0.15) is 104 Å². The maximum Gasteiger partial charge on any atom is 0.329 e. The van der Waals surface area contributed by atoms with Gasteiger partial charge < -0.3 is 35.1 Å². The van der Waals surface area contributed by atoms with Crippen LogP contribution in [0, 0.1) is 17.6 Å². The minimum Gasteiger partial charge on any atom is -0.488 e. The molecular formula is C55H63ClF2N8O7. The first-order chi connectivity index (χ1) is 35.3. The molecule has 0 bridgehead atoms. The van der Waals surface area contributed by atoms with Crippen LogP contribution in [-0.2, 0) is 27.0 Å². The van der Waals surface area contributed by atoms with Gasteiger partial charge in [0.2, 0.25) is 17.7 Å². The van der Waals surface area contributed by atoms with Crippen LogP contribution in [0.4, 0.5) is 19.4 Å². The number of nitrogens with one attached hydrogen (secondary N) is 2. The van der Waals surface area contributed by atoms with Gasteiger partial charge in [0, 0.05) is 98.8 Å². The summed E-state index contributed by atoms with van der Waals surface area (Å²) >= 11 is 6.77. The number of aromatic nitrogens is 2. The Morgan fingerprint density at radius 2 is 1.66 bits per heavy atom. The molecule has 386 valence electrons. The monoisotopic (exact) mass is 1020 g/mol. The van der Waals surface area contributed by atoms with Crippen LogP contribution in [0.3, 0.4) is 0 Å². The number of hydrogen-bond acceptors (Lipinski definition) is 10. The molecule has 5 amide bonds. The van der Waals surface area contributed by atoms with Gasteiger partial charge in [-0.2, -0.15) is 5.10 Å². The van der Waals surface area contributed by atoms with Gasteiger partial charge in [-0.15, -0.1) is 0 Å². The van der Waals surface area contributed by atoms with E-state index < -0.39 is 35.1 Å². The minimum atomic E-state index is -1.09. The first-order valence-corrected chi connectivity index (χ1v) is 26.0. The lowest BCUT2D eigenvalue weighted by molar-refractivity contribution is -0.138. The van der Waals surface area contributed by atoms with Gasteiger partial charge in [0.15, 0.2) is 23.0 Å². The maximum absolute atomic E-state index is 16.6. The summed E-state index contributed by atoms with van der Waals surface area (Å²) in [4.78, 5) is 57.5. The molecule has 1 aliphatic carbocycles. The summed E-state index contributed by atoms with van der Waals surface area (Å²) in [7, 11) is 3.38. The average Bonchev–Trinajstić information content (AvgIpc) is 3.88. The van der Waals surface area contributed by atoms with Crippen molar-refractivity contribution >= 4 is 52.1 Å². The fraction of sp³-hybridized carbons (Fsp3) is 0.473. The number of nitrogens with zero attached hydrogens (tertiary/aromatic N) is 5. The van der Waals surface area contributed by atoms with Crippen LogP contribution in [0.15, 0.2) is 66.7 Å². The number of nitrogens with two attached hydrogens (primary N) is 1. The van der Waals surface area contributed by atoms with E-state index in [0.717, 1.165) is 94.0 Å². The van der Waals surface area contributed by atoms with Gasteiger partial charge in [-0.3, -0.25) is 29.3 Å². The number of benzene rings is 4. The minimum absolute atomic E-state index is 0.0160. The Hall–Kier alpha value is -6.14. The van der Waals surface area contributed by atoms with Crippen molar-refractivity contribution in [1.29, 1.82) is 0 Å². The normalized spacial score (nSPS) is 23.1. The van der Waals surface area contributed by atoms with Crippen LogP contribution in [0.5, 0.6) is 11.5 Å². The number of hydrogen-bond donors (Lipinski definition) is 3. The Balaban J connectivity index is 0.750. The summed E-state index contributed by atoms with van der Waals surface area (Å²) < 4.78 is 52.0. The number of anilines is 1. The molecule has 1 saturated carbocycles. The molecule has 4 N–H and O–H groups in total. The number of piperidine rings is 2. The van der Waals surface area contributed by atoms with Crippen molar-refractivity contribution in [2.24, 2.45) is 18.7 Å². The second-order valence-corrected chi connectivity index (χ2v) is 20.7. The van der Waals surface area contributed by atoms with Gasteiger partial charge in [0.05, 0.1) is 22.7 Å². The van der Waals surface area contributed by atoms with Gasteiger partial charge >= 0.3 is 6.03 Å². The molecule has 1 aromatic heterocycles. The van der Waals surface area contributed by atoms with Crippen molar-refractivity contribution in [1.82, 2.24) is 30.2 Å². The number of carbonyl (C=O) groups is 4. The fourth-order valence-electron chi connectivity index (χ4n) is 12.2. The highest BCUT2D eigenvalue weighted by molar-refractivity contribution is 6.34. The highest BCUT2D eigenvalue weighted by Crippen LogP contribution is 2.56. The zero-order valence-electron chi connectivity index (χ0n) is 41.6. The number of fused-ring (bicyclic) bond motifs is 2. The molecule has 15 nitrogen and oxygen atoms in total. The Kier molecular flexibility index (Phi) is 14.5. The summed E-state index contributed by atoms with van der Waals surface area (Å²) in [6.45, 7) is 6.28. The molecule has 3 saturated heterocycles. The van der Waals surface area contributed by atoms with Crippen molar-refractivity contribution in [2.75, 3.05) is 64.5 Å². The zero-order chi connectivity index (χ0) is 51.1. The van der Waals surface area contributed by atoms with E-state index in [1.54, 1.807) is 4.90 Å². The van der Waals surface area contributed by atoms with Gasteiger partial charge in [0.25, 0.3) is 0 Å². The summed E-state index contributed by atoms with van der Waals surface area (Å²) in [5.41, 5.74) is 7.76. The molecule has 73 heavy (non-hydrogen) atoms. The molecule has 2 unspecified atom stereocenters. The third kappa shape index (κ3) is 9.65. The number of rotatable bonds is 14. The van der Waals surface area contributed by atoms with E-state index >= 15 is 8.78 Å². The molecule has 4 fully saturated rings. The Labute approximate surface area is 428 Å². The summed E-state index contributed by atoms with van der Waals surface area (Å²) in [5.74, 6) is -2.27. The van der Waals surface area contributed by atoms with Crippen molar-refractivity contribution in [3.8, 4) is 22.6 Å². The number of methoxy groups -OCH3 is 1. The van der Waals surface area contributed by atoms with Gasteiger partial charge in [0.1, 0.15) is 18.2 Å². The Morgan fingerprint density at radius 3 is 2.36 bits per heavy atom. The van der Waals surface area contributed by atoms with E-state index in [1.807, 2.05) is 49.0 Å². The summed E-state index contributed by atoms with van der Waals surface area (Å²) in [6, 6.07) is 20.0. The smallest absolute Gasteiger partial charge is 0.329 e. The van der Waals surface area contributed by atoms with Crippen molar-refractivity contribution in [3.63, 3.8) is 0 Å². The molecule has 5 aromatic rings. The number of aryl methyl sites for hydroxylation is 1. The van der Waals surface area contributed by atoms with Gasteiger partial charge in [-0.1, -0.05) is 54.9 Å². The first kappa shape index (κ1) is 50.4. The van der Waals surface area contributed by atoms with E-state index in [4.69, 9.17) is 31.5 Å². The van der Waals surface area contributed by atoms with E-state index in [1.165, 1.54) is 30.9 Å². The lowest BCUT2D eigenvalue weighted by Gasteiger charge is -2.43. The Morgan fingerprint density at radius 1 is 0.918 bits per heavy atom. The molecule has 10 rings (SSSR count). The number of carbonyl (C=O) groups excluding carboxylic acids is 4. The van der Waals surface area contributed by atoms with E-state index in [9.17, 15) is 19.2 Å². The number of amides is 5. The van der Waals surface area contributed by atoms with Crippen LogP contribution < -0.4 is 30.7 Å². The molecular weight excluding hydrogens is 958 g/mol. The zero-order valence-corrected chi connectivity index (χ0v) is 42.3. The first-order valence-electron chi connectivity index (χ1n) is 25.6. The molecule has 5 heterocycles. The van der Waals surface area contributed by atoms with Gasteiger partial charge in [-0.05, 0) is 106 Å². The summed E-state index contributed by atoms with van der Waals surface area (Å²) in [6.07, 6.45) is 7.31. The highest BCUT2D eigenvalue weighted by Gasteiger charge is 2.50. The second-order valence-electron chi connectivity index (χ2n) is 20.3. The van der Waals surface area contributed by atoms with Crippen molar-refractivity contribution in [2.45, 2.75) is 94.2 Å². The molecule has 5 aliphatic rings. The average molecular weight is 1020 g/mol.